The minimum atomic E-state index is 0.118. The first-order chi connectivity index (χ1) is 11.7. The summed E-state index contributed by atoms with van der Waals surface area (Å²) in [6.45, 7) is 4.74. The predicted molar refractivity (Wildman–Crippen MR) is 92.6 cm³/mol. The molecule has 1 aliphatic heterocycles. The Hall–Kier alpha value is -2.40. The van der Waals surface area contributed by atoms with Crippen molar-refractivity contribution in [1.82, 2.24) is 14.8 Å². The lowest BCUT2D eigenvalue weighted by Crippen LogP contribution is -2.49. The molecule has 5 heteroatoms. The van der Waals surface area contributed by atoms with Crippen LogP contribution in [0.2, 0.25) is 0 Å². The van der Waals surface area contributed by atoms with Crippen molar-refractivity contribution >= 4 is 5.91 Å². The molecule has 126 valence electrons. The van der Waals surface area contributed by atoms with E-state index in [0.29, 0.717) is 6.54 Å². The van der Waals surface area contributed by atoms with Crippen LogP contribution in [-0.2, 0) is 11.3 Å². The van der Waals surface area contributed by atoms with E-state index in [-0.39, 0.29) is 11.9 Å². The van der Waals surface area contributed by atoms with Crippen LogP contribution in [0.25, 0.3) is 0 Å². The van der Waals surface area contributed by atoms with Crippen molar-refractivity contribution in [2.75, 3.05) is 26.7 Å². The van der Waals surface area contributed by atoms with Gasteiger partial charge in [-0.2, -0.15) is 0 Å². The van der Waals surface area contributed by atoms with Crippen LogP contribution in [-0.4, -0.2) is 47.4 Å². The van der Waals surface area contributed by atoms with Gasteiger partial charge in [-0.15, -0.1) is 0 Å². The summed E-state index contributed by atoms with van der Waals surface area (Å²) in [6.07, 6.45) is 3.64. The van der Waals surface area contributed by atoms with Crippen LogP contribution >= 0.6 is 0 Å². The van der Waals surface area contributed by atoms with E-state index < -0.39 is 0 Å². The van der Waals surface area contributed by atoms with Crippen molar-refractivity contribution in [3.8, 4) is 5.75 Å². The summed E-state index contributed by atoms with van der Waals surface area (Å²) in [7, 11) is 1.69. The molecule has 0 aliphatic carbocycles. The zero-order chi connectivity index (χ0) is 16.9. The zero-order valence-electron chi connectivity index (χ0n) is 14.2. The highest BCUT2D eigenvalue weighted by Crippen LogP contribution is 2.33. The number of rotatable bonds is 4. The van der Waals surface area contributed by atoms with E-state index in [1.54, 1.807) is 14.0 Å². The molecule has 5 nitrogen and oxygen atoms in total. The van der Waals surface area contributed by atoms with Gasteiger partial charge in [0, 0.05) is 51.1 Å². The first-order valence-corrected chi connectivity index (χ1v) is 8.20. The molecule has 1 aromatic carbocycles. The van der Waals surface area contributed by atoms with Gasteiger partial charge in [-0.3, -0.25) is 14.7 Å². The van der Waals surface area contributed by atoms with Crippen molar-refractivity contribution in [2.24, 2.45) is 0 Å². The normalized spacial score (nSPS) is 18.4. The predicted octanol–water partition coefficient (Wildman–Crippen LogP) is 2.50. The third kappa shape index (κ3) is 3.57. The monoisotopic (exact) mass is 325 g/mol. The molecule has 24 heavy (non-hydrogen) atoms. The summed E-state index contributed by atoms with van der Waals surface area (Å²) in [5, 5.41) is 0. The van der Waals surface area contributed by atoms with Crippen molar-refractivity contribution < 1.29 is 9.53 Å². The van der Waals surface area contributed by atoms with Crippen molar-refractivity contribution in [2.45, 2.75) is 19.5 Å². The number of pyridine rings is 1. The standard InChI is InChI=1S/C19H23N3O2/c1-15(23)21-11-12-22(13-16-7-9-20-10-8-16)18(14-21)17-5-3-4-6-19(17)24-2/h3-10,18H,11-14H2,1-2H3. The number of carbonyl (C=O) groups excluding carboxylic acids is 1. The second-order valence-corrected chi connectivity index (χ2v) is 6.05. The van der Waals surface area contributed by atoms with Crippen LogP contribution < -0.4 is 4.74 Å². The molecular weight excluding hydrogens is 302 g/mol. The number of aromatic nitrogens is 1. The fraction of sp³-hybridized carbons (Fsp3) is 0.368. The van der Waals surface area contributed by atoms with Gasteiger partial charge in [0.1, 0.15) is 5.75 Å². The Balaban J connectivity index is 1.90. The molecule has 1 aliphatic rings. The third-order valence-corrected chi connectivity index (χ3v) is 4.57. The molecule has 0 N–H and O–H groups in total. The van der Waals surface area contributed by atoms with E-state index in [4.69, 9.17) is 4.74 Å². The molecule has 2 heterocycles. The van der Waals surface area contributed by atoms with E-state index in [9.17, 15) is 4.79 Å². The third-order valence-electron chi connectivity index (χ3n) is 4.57. The molecule has 1 aromatic heterocycles. The van der Waals surface area contributed by atoms with Gasteiger partial charge in [0.05, 0.1) is 13.2 Å². The number of ether oxygens (including phenoxy) is 1. The van der Waals surface area contributed by atoms with E-state index in [2.05, 4.69) is 16.0 Å². The van der Waals surface area contributed by atoms with Crippen LogP contribution in [0.15, 0.2) is 48.8 Å². The summed E-state index contributed by atoms with van der Waals surface area (Å²) < 4.78 is 5.55. The first-order valence-electron chi connectivity index (χ1n) is 8.20. The molecule has 1 atom stereocenters. The first kappa shape index (κ1) is 16.5. The lowest BCUT2D eigenvalue weighted by molar-refractivity contribution is -0.132. The van der Waals surface area contributed by atoms with Crippen molar-refractivity contribution in [1.29, 1.82) is 0 Å². The molecule has 1 fully saturated rings. The molecule has 0 saturated carbocycles. The fourth-order valence-electron chi connectivity index (χ4n) is 3.26. The van der Waals surface area contributed by atoms with E-state index in [1.807, 2.05) is 47.6 Å². The molecule has 0 bridgehead atoms. The average molecular weight is 325 g/mol. The van der Waals surface area contributed by atoms with Crippen LogP contribution in [0, 0.1) is 0 Å². The Labute approximate surface area is 142 Å². The number of hydrogen-bond acceptors (Lipinski definition) is 4. The van der Waals surface area contributed by atoms with Gasteiger partial charge >= 0.3 is 0 Å². The Bertz CT molecular complexity index is 690. The fourth-order valence-corrected chi connectivity index (χ4v) is 3.26. The Morgan fingerprint density at radius 1 is 1.21 bits per heavy atom. The van der Waals surface area contributed by atoms with E-state index in [1.165, 1.54) is 5.56 Å². The maximum Gasteiger partial charge on any atom is 0.219 e. The smallest absolute Gasteiger partial charge is 0.219 e. The average Bonchev–Trinajstić information content (AvgIpc) is 2.62. The summed E-state index contributed by atoms with van der Waals surface area (Å²) in [6, 6.07) is 12.3. The Kier molecular flexibility index (Phi) is 5.11. The summed E-state index contributed by atoms with van der Waals surface area (Å²) in [5.74, 6) is 0.992. The number of amides is 1. The molecule has 1 amide bonds. The Morgan fingerprint density at radius 3 is 2.67 bits per heavy atom. The number of piperazine rings is 1. The van der Waals surface area contributed by atoms with E-state index in [0.717, 1.165) is 30.9 Å². The number of methoxy groups -OCH3 is 1. The Morgan fingerprint density at radius 2 is 1.96 bits per heavy atom. The summed E-state index contributed by atoms with van der Waals surface area (Å²) in [4.78, 5) is 20.3. The second kappa shape index (κ2) is 7.45. The van der Waals surface area contributed by atoms with Crippen LogP contribution in [0.4, 0.5) is 0 Å². The second-order valence-electron chi connectivity index (χ2n) is 6.05. The number of benzene rings is 1. The molecule has 3 rings (SSSR count). The summed E-state index contributed by atoms with van der Waals surface area (Å²) >= 11 is 0. The highest BCUT2D eigenvalue weighted by Gasteiger charge is 2.31. The number of hydrogen-bond donors (Lipinski definition) is 0. The SMILES string of the molecule is COc1ccccc1C1CN(C(C)=O)CCN1Cc1ccncc1. The van der Waals surface area contributed by atoms with Gasteiger partial charge in [-0.1, -0.05) is 18.2 Å². The quantitative estimate of drug-likeness (QED) is 0.866. The minimum absolute atomic E-state index is 0.118. The van der Waals surface area contributed by atoms with Crippen LogP contribution in [0.3, 0.4) is 0 Å². The van der Waals surface area contributed by atoms with Gasteiger partial charge in [0.15, 0.2) is 0 Å². The van der Waals surface area contributed by atoms with Crippen LogP contribution in [0.1, 0.15) is 24.1 Å². The van der Waals surface area contributed by atoms with Crippen molar-refractivity contribution in [3.63, 3.8) is 0 Å². The van der Waals surface area contributed by atoms with Gasteiger partial charge in [-0.25, -0.2) is 0 Å². The van der Waals surface area contributed by atoms with Gasteiger partial charge < -0.3 is 9.64 Å². The number of carbonyl (C=O) groups is 1. The minimum Gasteiger partial charge on any atom is -0.496 e. The highest BCUT2D eigenvalue weighted by molar-refractivity contribution is 5.73. The molecule has 2 aromatic rings. The zero-order valence-corrected chi connectivity index (χ0v) is 14.2. The maximum absolute atomic E-state index is 11.9. The molecule has 0 radical (unpaired) electrons. The van der Waals surface area contributed by atoms with Crippen LogP contribution in [0.5, 0.6) is 5.75 Å². The van der Waals surface area contributed by atoms with E-state index >= 15 is 0 Å². The topological polar surface area (TPSA) is 45.7 Å². The maximum atomic E-state index is 11.9. The van der Waals surface area contributed by atoms with Gasteiger partial charge in [0.2, 0.25) is 5.91 Å². The molecule has 1 saturated heterocycles. The highest BCUT2D eigenvalue weighted by atomic mass is 16.5. The molecule has 1 unspecified atom stereocenters. The van der Waals surface area contributed by atoms with Crippen molar-refractivity contribution in [3.05, 3.63) is 59.9 Å². The molecular formula is C19H23N3O2. The molecule has 0 spiro atoms. The number of para-hydroxylation sites is 1. The lowest BCUT2D eigenvalue weighted by Gasteiger charge is -2.41. The van der Waals surface area contributed by atoms with Gasteiger partial charge in [-0.05, 0) is 23.8 Å². The lowest BCUT2D eigenvalue weighted by atomic mass is 10.00. The summed E-state index contributed by atoms with van der Waals surface area (Å²) in [5.41, 5.74) is 2.35. The largest absolute Gasteiger partial charge is 0.496 e. The number of nitrogens with zero attached hydrogens (tertiary/aromatic N) is 3. The van der Waals surface area contributed by atoms with Gasteiger partial charge in [0.25, 0.3) is 0 Å².